The van der Waals surface area contributed by atoms with E-state index in [1.54, 1.807) is 0 Å². The third-order valence-electron chi connectivity index (χ3n) is 8.61. The van der Waals surface area contributed by atoms with Gasteiger partial charge in [-0.15, -0.1) is 0 Å². The van der Waals surface area contributed by atoms with Gasteiger partial charge in [0.1, 0.15) is 17.0 Å². The zero-order valence-electron chi connectivity index (χ0n) is 25.7. The van der Waals surface area contributed by atoms with Crippen LogP contribution in [0.15, 0.2) is 178 Å². The largest absolute Gasteiger partial charge is 0.456 e. The summed E-state index contributed by atoms with van der Waals surface area (Å²) in [6.07, 6.45) is 0. The molecular formula is C43H31N3O. The summed E-state index contributed by atoms with van der Waals surface area (Å²) in [6, 6.07) is 55.9. The summed E-state index contributed by atoms with van der Waals surface area (Å²) in [5.74, 6) is 0.991. The van der Waals surface area contributed by atoms with Crippen molar-refractivity contribution in [1.82, 2.24) is 0 Å². The highest BCUT2D eigenvalue weighted by atomic mass is 16.3. The normalized spacial score (nSPS) is 12.3. The summed E-state index contributed by atoms with van der Waals surface area (Å²) in [6.45, 7) is 0.398. The SMILES string of the molecule is N/C(=N\C(=N/Cc1cc(-c2ccccc2)cc2oc3ccccc3c12)c1ccccc1)c1ccc(-c2ccccc2)c2ccccc12. The molecule has 0 saturated heterocycles. The number of hydrogen-bond acceptors (Lipinski definition) is 2. The van der Waals surface area contributed by atoms with Crippen molar-refractivity contribution in [3.05, 3.63) is 180 Å². The van der Waals surface area contributed by atoms with E-state index in [9.17, 15) is 0 Å². The van der Waals surface area contributed by atoms with Gasteiger partial charge in [-0.25, -0.2) is 4.99 Å². The maximum atomic E-state index is 6.86. The molecule has 2 N–H and O–H groups in total. The fraction of sp³-hybridized carbons (Fsp3) is 0.0233. The zero-order valence-corrected chi connectivity index (χ0v) is 25.7. The second-order valence-electron chi connectivity index (χ2n) is 11.5. The Balaban J connectivity index is 1.26. The summed E-state index contributed by atoms with van der Waals surface area (Å²) in [5, 5.41) is 4.31. The highest BCUT2D eigenvalue weighted by Gasteiger charge is 2.15. The van der Waals surface area contributed by atoms with Crippen LogP contribution >= 0.6 is 0 Å². The molecule has 0 spiro atoms. The number of furan rings is 1. The van der Waals surface area contributed by atoms with Crippen molar-refractivity contribution < 1.29 is 4.42 Å². The molecule has 7 aromatic carbocycles. The first-order chi connectivity index (χ1) is 23.2. The quantitative estimate of drug-likeness (QED) is 0.151. The molecule has 224 valence electrons. The Morgan fingerprint density at radius 1 is 0.532 bits per heavy atom. The van der Waals surface area contributed by atoms with Crippen LogP contribution in [0.4, 0.5) is 0 Å². The van der Waals surface area contributed by atoms with Crippen LogP contribution in [0.1, 0.15) is 16.7 Å². The van der Waals surface area contributed by atoms with E-state index in [4.69, 9.17) is 20.1 Å². The number of fused-ring (bicyclic) bond motifs is 4. The first-order valence-corrected chi connectivity index (χ1v) is 15.7. The van der Waals surface area contributed by atoms with E-state index < -0.39 is 0 Å². The van der Waals surface area contributed by atoms with Gasteiger partial charge in [-0.05, 0) is 56.8 Å². The van der Waals surface area contributed by atoms with Gasteiger partial charge in [-0.2, -0.15) is 0 Å². The summed E-state index contributed by atoms with van der Waals surface area (Å²) >= 11 is 0. The van der Waals surface area contributed by atoms with Crippen LogP contribution in [0.3, 0.4) is 0 Å². The van der Waals surface area contributed by atoms with Gasteiger partial charge in [0.05, 0.1) is 6.54 Å². The molecular weight excluding hydrogens is 574 g/mol. The third-order valence-corrected chi connectivity index (χ3v) is 8.61. The number of nitrogens with zero attached hydrogens (tertiary/aromatic N) is 2. The Labute approximate surface area is 273 Å². The van der Waals surface area contributed by atoms with E-state index in [1.807, 2.05) is 66.7 Å². The van der Waals surface area contributed by atoms with E-state index in [0.717, 1.165) is 71.7 Å². The molecule has 0 radical (unpaired) electrons. The van der Waals surface area contributed by atoms with Gasteiger partial charge in [0.2, 0.25) is 0 Å². The first-order valence-electron chi connectivity index (χ1n) is 15.7. The predicted octanol–water partition coefficient (Wildman–Crippen LogP) is 10.4. The Morgan fingerprint density at radius 2 is 1.15 bits per heavy atom. The van der Waals surface area contributed by atoms with Crippen LogP contribution in [-0.2, 0) is 6.54 Å². The molecule has 0 unspecified atom stereocenters. The molecule has 4 nitrogen and oxygen atoms in total. The van der Waals surface area contributed by atoms with Gasteiger partial charge in [-0.3, -0.25) is 4.99 Å². The van der Waals surface area contributed by atoms with E-state index >= 15 is 0 Å². The Morgan fingerprint density at radius 3 is 1.89 bits per heavy atom. The average Bonchev–Trinajstić information content (AvgIpc) is 3.52. The van der Waals surface area contributed by atoms with Crippen LogP contribution in [-0.4, -0.2) is 11.7 Å². The molecule has 1 heterocycles. The van der Waals surface area contributed by atoms with Crippen molar-refractivity contribution >= 4 is 44.4 Å². The number of nitrogens with two attached hydrogens (primary N) is 1. The average molecular weight is 606 g/mol. The van der Waals surface area contributed by atoms with Gasteiger partial charge in [0.25, 0.3) is 0 Å². The number of aliphatic imine (C=N–C) groups is 2. The van der Waals surface area contributed by atoms with Crippen LogP contribution in [0.5, 0.6) is 0 Å². The van der Waals surface area contributed by atoms with Crippen molar-refractivity contribution in [2.24, 2.45) is 15.7 Å². The molecule has 8 rings (SSSR count). The topological polar surface area (TPSA) is 63.9 Å². The third kappa shape index (κ3) is 5.47. The van der Waals surface area contributed by atoms with E-state index in [0.29, 0.717) is 18.2 Å². The Kier molecular flexibility index (Phi) is 7.37. The number of benzene rings is 7. The first kappa shape index (κ1) is 28.2. The van der Waals surface area contributed by atoms with Gasteiger partial charge in [0, 0.05) is 21.9 Å². The second-order valence-corrected chi connectivity index (χ2v) is 11.5. The van der Waals surface area contributed by atoms with E-state index in [1.165, 1.54) is 0 Å². The maximum absolute atomic E-state index is 6.86. The number of rotatable bonds is 6. The Hall–Kier alpha value is -6.26. The highest BCUT2D eigenvalue weighted by molar-refractivity contribution is 6.17. The molecule has 8 aromatic rings. The zero-order chi connectivity index (χ0) is 31.6. The molecule has 0 aliphatic carbocycles. The molecule has 0 aliphatic heterocycles. The number of amidine groups is 2. The molecule has 0 amide bonds. The molecule has 0 saturated carbocycles. The van der Waals surface area contributed by atoms with Crippen molar-refractivity contribution in [3.63, 3.8) is 0 Å². The summed E-state index contributed by atoms with van der Waals surface area (Å²) in [4.78, 5) is 10.2. The molecule has 0 atom stereocenters. The van der Waals surface area contributed by atoms with Crippen LogP contribution < -0.4 is 5.73 Å². The van der Waals surface area contributed by atoms with E-state index in [-0.39, 0.29) is 0 Å². The van der Waals surface area contributed by atoms with Gasteiger partial charge in [-0.1, -0.05) is 146 Å². The number of para-hydroxylation sites is 1. The lowest BCUT2D eigenvalue weighted by molar-refractivity contribution is 0.669. The van der Waals surface area contributed by atoms with Gasteiger partial charge >= 0.3 is 0 Å². The predicted molar refractivity (Wildman–Crippen MR) is 196 cm³/mol. The highest BCUT2D eigenvalue weighted by Crippen LogP contribution is 2.36. The van der Waals surface area contributed by atoms with Gasteiger partial charge in [0.15, 0.2) is 5.84 Å². The van der Waals surface area contributed by atoms with Crippen molar-refractivity contribution in [2.75, 3.05) is 0 Å². The van der Waals surface area contributed by atoms with Crippen LogP contribution in [0.25, 0.3) is 55.0 Å². The minimum Gasteiger partial charge on any atom is -0.456 e. The molecule has 4 heteroatoms. The van der Waals surface area contributed by atoms with E-state index in [2.05, 4.69) is 97.1 Å². The smallest absolute Gasteiger partial charge is 0.157 e. The maximum Gasteiger partial charge on any atom is 0.157 e. The van der Waals surface area contributed by atoms with Gasteiger partial charge < -0.3 is 10.2 Å². The summed E-state index contributed by atoms with van der Waals surface area (Å²) < 4.78 is 6.36. The standard InChI is InChI=1S/C43H31N3O/c44-42(37-25-24-34(30-16-6-2-7-17-30)35-20-10-11-21-36(35)37)46-43(31-18-8-3-9-19-31)45-28-33-26-32(29-14-4-1-5-15-29)27-40-41(33)38-22-12-13-23-39(38)47-40/h1-27H,28H2,(H2,44,45,46). The van der Waals surface area contributed by atoms with Crippen molar-refractivity contribution in [3.8, 4) is 22.3 Å². The number of hydrogen-bond donors (Lipinski definition) is 1. The molecule has 0 bridgehead atoms. The lowest BCUT2D eigenvalue weighted by Crippen LogP contribution is -2.17. The minimum absolute atomic E-state index is 0.398. The second kappa shape index (κ2) is 12.3. The monoisotopic (exact) mass is 605 g/mol. The molecule has 0 aliphatic rings. The molecule has 1 aromatic heterocycles. The summed E-state index contributed by atoms with van der Waals surface area (Å²) in [7, 11) is 0. The Bertz CT molecular complexity index is 2430. The van der Waals surface area contributed by atoms with Crippen LogP contribution in [0.2, 0.25) is 0 Å². The minimum atomic E-state index is 0.398. The van der Waals surface area contributed by atoms with Crippen molar-refractivity contribution in [2.45, 2.75) is 6.54 Å². The van der Waals surface area contributed by atoms with Crippen molar-refractivity contribution in [1.29, 1.82) is 0 Å². The molecule has 47 heavy (non-hydrogen) atoms. The fourth-order valence-electron chi connectivity index (χ4n) is 6.37. The molecule has 0 fully saturated rings. The lowest BCUT2D eigenvalue weighted by atomic mass is 9.94. The summed E-state index contributed by atoms with van der Waals surface area (Å²) in [5.41, 5.74) is 15.9. The van der Waals surface area contributed by atoms with Crippen LogP contribution in [0, 0.1) is 0 Å². The fourth-order valence-corrected chi connectivity index (χ4v) is 6.37. The lowest BCUT2D eigenvalue weighted by Gasteiger charge is -2.12.